The molecule has 110 valence electrons. The molecule has 3 heteroatoms. The molecule has 0 amide bonds. The zero-order valence-electron chi connectivity index (χ0n) is 12.6. The van der Waals surface area contributed by atoms with Crippen LogP contribution in [0.4, 0.5) is 0 Å². The lowest BCUT2D eigenvalue weighted by atomic mass is 9.93. The van der Waals surface area contributed by atoms with Gasteiger partial charge in [-0.25, -0.2) is 0 Å². The molecule has 0 bridgehead atoms. The van der Waals surface area contributed by atoms with Crippen molar-refractivity contribution in [2.24, 2.45) is 5.73 Å². The lowest BCUT2D eigenvalue weighted by Crippen LogP contribution is -2.53. The second-order valence-electron chi connectivity index (χ2n) is 6.08. The van der Waals surface area contributed by atoms with Crippen molar-refractivity contribution in [1.82, 2.24) is 9.88 Å². The Labute approximate surface area is 126 Å². The Morgan fingerprint density at radius 2 is 1.71 bits per heavy atom. The monoisotopic (exact) mass is 281 g/mol. The van der Waals surface area contributed by atoms with Crippen LogP contribution in [0.25, 0.3) is 0 Å². The molecule has 1 aliphatic carbocycles. The lowest BCUT2D eigenvalue weighted by Gasteiger charge is -2.38. The van der Waals surface area contributed by atoms with Crippen LogP contribution >= 0.6 is 0 Å². The summed E-state index contributed by atoms with van der Waals surface area (Å²) in [4.78, 5) is 6.53. The summed E-state index contributed by atoms with van der Waals surface area (Å²) in [7, 11) is 2.21. The average molecular weight is 281 g/mol. The zero-order valence-corrected chi connectivity index (χ0v) is 12.6. The van der Waals surface area contributed by atoms with Gasteiger partial charge in [-0.05, 0) is 55.1 Å². The molecule has 0 atom stereocenters. The number of pyridine rings is 1. The number of nitrogens with zero attached hydrogens (tertiary/aromatic N) is 2. The molecule has 0 radical (unpaired) electrons. The first-order valence-corrected chi connectivity index (χ1v) is 7.60. The van der Waals surface area contributed by atoms with Crippen LogP contribution in [0.1, 0.15) is 16.7 Å². The second-order valence-corrected chi connectivity index (χ2v) is 6.08. The van der Waals surface area contributed by atoms with Crippen molar-refractivity contribution in [2.75, 3.05) is 20.1 Å². The highest BCUT2D eigenvalue weighted by atomic mass is 15.2. The Balaban J connectivity index is 1.70. The summed E-state index contributed by atoms with van der Waals surface area (Å²) in [5.41, 5.74) is 10.5. The van der Waals surface area contributed by atoms with Gasteiger partial charge in [-0.15, -0.1) is 0 Å². The molecule has 21 heavy (non-hydrogen) atoms. The van der Waals surface area contributed by atoms with E-state index in [1.165, 1.54) is 16.7 Å². The van der Waals surface area contributed by atoms with Crippen LogP contribution in [0.5, 0.6) is 0 Å². The highest BCUT2D eigenvalue weighted by Crippen LogP contribution is 2.33. The molecule has 2 aromatic rings. The molecule has 1 aromatic carbocycles. The molecule has 0 aliphatic heterocycles. The van der Waals surface area contributed by atoms with Crippen molar-refractivity contribution < 1.29 is 0 Å². The fraction of sp³-hybridized carbons (Fsp3) is 0.389. The van der Waals surface area contributed by atoms with Gasteiger partial charge in [0.1, 0.15) is 0 Å². The molecule has 1 heterocycles. The molecule has 0 unspecified atom stereocenters. The third-order valence-corrected chi connectivity index (χ3v) is 4.83. The van der Waals surface area contributed by atoms with Gasteiger partial charge < -0.3 is 5.73 Å². The van der Waals surface area contributed by atoms with Crippen molar-refractivity contribution in [2.45, 2.75) is 24.8 Å². The summed E-state index contributed by atoms with van der Waals surface area (Å²) in [5.74, 6) is 0. The average Bonchev–Trinajstić information content (AvgIpc) is 2.93. The van der Waals surface area contributed by atoms with Crippen LogP contribution in [-0.2, 0) is 19.3 Å². The van der Waals surface area contributed by atoms with Crippen LogP contribution in [-0.4, -0.2) is 35.6 Å². The van der Waals surface area contributed by atoms with Gasteiger partial charge in [0, 0.05) is 31.0 Å². The van der Waals surface area contributed by atoms with E-state index in [-0.39, 0.29) is 5.54 Å². The van der Waals surface area contributed by atoms with Gasteiger partial charge in [0.2, 0.25) is 0 Å². The maximum Gasteiger partial charge on any atom is 0.0409 e. The highest BCUT2D eigenvalue weighted by molar-refractivity contribution is 5.36. The summed E-state index contributed by atoms with van der Waals surface area (Å²) in [5, 5.41) is 0. The Morgan fingerprint density at radius 1 is 1.10 bits per heavy atom. The molecule has 0 saturated carbocycles. The maximum atomic E-state index is 6.17. The standard InChI is InChI=1S/C18H23N3/c1-21(11-8-15-6-9-20-10-7-15)18(14-19)12-16-4-2-3-5-17(16)13-18/h2-7,9-10H,8,11-14,19H2,1H3. The van der Waals surface area contributed by atoms with E-state index in [0.717, 1.165) is 25.8 Å². The summed E-state index contributed by atoms with van der Waals surface area (Å²) < 4.78 is 0. The lowest BCUT2D eigenvalue weighted by molar-refractivity contribution is 0.137. The summed E-state index contributed by atoms with van der Waals surface area (Å²) in [6.45, 7) is 1.73. The fourth-order valence-corrected chi connectivity index (χ4v) is 3.33. The van der Waals surface area contributed by atoms with Crippen LogP contribution in [0.3, 0.4) is 0 Å². The zero-order chi connectivity index (χ0) is 14.7. The van der Waals surface area contributed by atoms with Crippen LogP contribution in [0.15, 0.2) is 48.8 Å². The van der Waals surface area contributed by atoms with Crippen molar-refractivity contribution >= 4 is 0 Å². The number of hydrogen-bond acceptors (Lipinski definition) is 3. The molecule has 0 saturated heterocycles. The van der Waals surface area contributed by atoms with Gasteiger partial charge in [0.15, 0.2) is 0 Å². The summed E-state index contributed by atoms with van der Waals surface area (Å²) in [6.07, 6.45) is 6.88. The Morgan fingerprint density at radius 3 is 2.29 bits per heavy atom. The van der Waals surface area contributed by atoms with E-state index in [0.29, 0.717) is 6.54 Å². The Kier molecular flexibility index (Phi) is 4.04. The maximum absolute atomic E-state index is 6.17. The third-order valence-electron chi connectivity index (χ3n) is 4.83. The smallest absolute Gasteiger partial charge is 0.0409 e. The third kappa shape index (κ3) is 2.85. The van der Waals surface area contributed by atoms with Crippen LogP contribution in [0, 0.1) is 0 Å². The van der Waals surface area contributed by atoms with Crippen molar-refractivity contribution in [3.8, 4) is 0 Å². The SMILES string of the molecule is CN(CCc1ccncc1)C1(CN)Cc2ccccc2C1. The number of nitrogens with two attached hydrogens (primary N) is 1. The molecule has 0 spiro atoms. The number of benzene rings is 1. The van der Waals surface area contributed by atoms with E-state index in [2.05, 4.69) is 53.3 Å². The number of rotatable bonds is 5. The van der Waals surface area contributed by atoms with Gasteiger partial charge in [0.05, 0.1) is 0 Å². The molecular weight excluding hydrogens is 258 g/mol. The number of aromatic nitrogens is 1. The molecule has 1 aliphatic rings. The minimum atomic E-state index is 0.0801. The molecular formula is C18H23N3. The molecule has 2 N–H and O–H groups in total. The predicted molar refractivity (Wildman–Crippen MR) is 86.2 cm³/mol. The topological polar surface area (TPSA) is 42.2 Å². The minimum Gasteiger partial charge on any atom is -0.329 e. The van der Waals surface area contributed by atoms with Gasteiger partial charge in [-0.3, -0.25) is 9.88 Å². The van der Waals surface area contributed by atoms with Crippen molar-refractivity contribution in [3.05, 3.63) is 65.5 Å². The predicted octanol–water partition coefficient (Wildman–Crippen LogP) is 2.05. The Hall–Kier alpha value is -1.71. The summed E-state index contributed by atoms with van der Waals surface area (Å²) in [6, 6.07) is 12.9. The van der Waals surface area contributed by atoms with E-state index in [4.69, 9.17) is 5.73 Å². The van der Waals surface area contributed by atoms with Gasteiger partial charge in [-0.1, -0.05) is 24.3 Å². The number of likely N-dealkylation sites (N-methyl/N-ethyl adjacent to an activating group) is 1. The van der Waals surface area contributed by atoms with Crippen LogP contribution in [0.2, 0.25) is 0 Å². The molecule has 0 fully saturated rings. The first-order valence-electron chi connectivity index (χ1n) is 7.60. The fourth-order valence-electron chi connectivity index (χ4n) is 3.33. The van der Waals surface area contributed by atoms with Gasteiger partial charge >= 0.3 is 0 Å². The first kappa shape index (κ1) is 14.2. The van der Waals surface area contributed by atoms with Crippen LogP contribution < -0.4 is 5.73 Å². The number of hydrogen-bond donors (Lipinski definition) is 1. The molecule has 3 rings (SSSR count). The second kappa shape index (κ2) is 5.96. The van der Waals surface area contributed by atoms with E-state index in [1.807, 2.05) is 12.4 Å². The quantitative estimate of drug-likeness (QED) is 0.912. The van der Waals surface area contributed by atoms with Crippen molar-refractivity contribution in [3.63, 3.8) is 0 Å². The van der Waals surface area contributed by atoms with E-state index < -0.39 is 0 Å². The van der Waals surface area contributed by atoms with E-state index in [1.54, 1.807) is 0 Å². The van der Waals surface area contributed by atoms with E-state index in [9.17, 15) is 0 Å². The van der Waals surface area contributed by atoms with E-state index >= 15 is 0 Å². The van der Waals surface area contributed by atoms with Crippen molar-refractivity contribution in [1.29, 1.82) is 0 Å². The highest BCUT2D eigenvalue weighted by Gasteiger charge is 2.39. The molecule has 3 nitrogen and oxygen atoms in total. The summed E-state index contributed by atoms with van der Waals surface area (Å²) >= 11 is 0. The largest absolute Gasteiger partial charge is 0.329 e. The Bertz CT molecular complexity index is 569. The molecule has 1 aromatic heterocycles. The number of fused-ring (bicyclic) bond motifs is 1. The minimum absolute atomic E-state index is 0.0801. The van der Waals surface area contributed by atoms with Gasteiger partial charge in [-0.2, -0.15) is 0 Å². The first-order chi connectivity index (χ1) is 10.2. The normalized spacial score (nSPS) is 16.1. The van der Waals surface area contributed by atoms with Gasteiger partial charge in [0.25, 0.3) is 0 Å².